The zero-order valence-corrected chi connectivity index (χ0v) is 36.7. The van der Waals surface area contributed by atoms with Crippen LogP contribution in [0.2, 0.25) is 13.1 Å². The van der Waals surface area contributed by atoms with Gasteiger partial charge in [0.25, 0.3) is 0 Å². The van der Waals surface area contributed by atoms with Crippen molar-refractivity contribution in [2.45, 2.75) is 100 Å². The first-order valence-electron chi connectivity index (χ1n) is 19.3. The average molecular weight is 800 g/mol. The van der Waals surface area contributed by atoms with Gasteiger partial charge in [0, 0.05) is 0 Å². The van der Waals surface area contributed by atoms with Crippen LogP contribution in [0, 0.1) is 11.8 Å². The Morgan fingerprint density at radius 2 is 0.940 bits per heavy atom. The van der Waals surface area contributed by atoms with Crippen LogP contribution in [0.25, 0.3) is 34.4 Å². The minimum absolute atomic E-state index is 0.117. The Balaban J connectivity index is 1.58. The van der Waals surface area contributed by atoms with E-state index in [2.05, 4.69) is 152 Å². The van der Waals surface area contributed by atoms with Crippen LogP contribution in [0.4, 0.5) is 0 Å². The van der Waals surface area contributed by atoms with Crippen LogP contribution in [-0.2, 0) is 28.4 Å². The summed E-state index contributed by atoms with van der Waals surface area (Å²) in [5, 5.41) is 0. The molecule has 0 heterocycles. The van der Waals surface area contributed by atoms with Crippen molar-refractivity contribution in [3.63, 3.8) is 0 Å². The summed E-state index contributed by atoms with van der Waals surface area (Å²) in [5.74, 6) is -0.469. The maximum atomic E-state index is 8.81. The topological polar surface area (TPSA) is 0 Å². The van der Waals surface area contributed by atoms with Gasteiger partial charge in [-0.1, -0.05) is 0 Å². The van der Waals surface area contributed by atoms with Crippen molar-refractivity contribution in [2.24, 2.45) is 11.8 Å². The first kappa shape index (κ1) is 37.8. The fraction of sp³-hybridized carbons (Fsp3) is 0.391. The van der Waals surface area contributed by atoms with Gasteiger partial charge < -0.3 is 0 Å². The van der Waals surface area contributed by atoms with Crippen LogP contribution in [0.1, 0.15) is 108 Å². The Morgan fingerprint density at radius 3 is 1.30 bits per heavy atom. The van der Waals surface area contributed by atoms with E-state index >= 15 is 0 Å². The van der Waals surface area contributed by atoms with Crippen LogP contribution in [0.15, 0.2) is 96.1 Å². The molecule has 2 aliphatic rings. The molecular weight excluding hydrogens is 743 g/mol. The summed E-state index contributed by atoms with van der Waals surface area (Å²) in [4.78, 5) is 0. The molecule has 2 atom stereocenters. The normalized spacial score (nSPS) is 17.9. The molecule has 0 aromatic heterocycles. The first-order valence-corrected chi connectivity index (χ1v) is 35.6. The number of allylic oxidation sites excluding steroid dienone is 2. The Morgan fingerprint density at radius 1 is 0.560 bits per heavy atom. The monoisotopic (exact) mass is 797 g/mol. The Bertz CT molecular complexity index is 1800. The summed E-state index contributed by atoms with van der Waals surface area (Å²) in [6.07, 6.45) is 11.5. The zero-order valence-electron chi connectivity index (χ0n) is 31.6. The molecule has 0 amide bonds. The van der Waals surface area contributed by atoms with E-state index in [1.54, 1.807) is 0 Å². The Kier molecular flexibility index (Phi) is 11.5. The molecule has 2 aliphatic carbocycles. The van der Waals surface area contributed by atoms with E-state index in [0.717, 1.165) is 38.5 Å². The molecule has 4 aromatic rings. The maximum absolute atomic E-state index is 8.81. The molecule has 4 heteroatoms. The van der Waals surface area contributed by atoms with Gasteiger partial charge in [-0.15, -0.1) is 0 Å². The summed E-state index contributed by atoms with van der Waals surface area (Å²) in [6, 6.07) is 32.1. The summed E-state index contributed by atoms with van der Waals surface area (Å²) < 4.78 is 0.235. The van der Waals surface area contributed by atoms with Gasteiger partial charge in [0.05, 0.1) is 0 Å². The first-order chi connectivity index (χ1) is 23.9. The van der Waals surface area contributed by atoms with Gasteiger partial charge in [-0.3, -0.25) is 0 Å². The van der Waals surface area contributed by atoms with E-state index < -0.39 is 21.5 Å². The fourth-order valence-electron chi connectivity index (χ4n) is 9.35. The molecule has 0 spiro atoms. The summed E-state index contributed by atoms with van der Waals surface area (Å²) in [5.41, 5.74) is 16.7. The van der Waals surface area contributed by atoms with E-state index in [9.17, 15) is 0 Å². The Labute approximate surface area is 312 Å². The molecule has 0 aliphatic heterocycles. The standard InChI is InChI=1S/2C22H25.C2H7Si.2ClH.Zr/c2*1-4-8-17-14-19-10-7-12-21(22(19)15-17)20-11-6-5-9-18(20)13-16(2)3;1-3-2;;;/h2*5-7,9-12,14-16H,4,8,13H2,1-3H3;3H,1-2H3;2*1H;/q;;;;;+2/p-2. The van der Waals surface area contributed by atoms with Gasteiger partial charge in [-0.2, -0.15) is 0 Å². The fourth-order valence-corrected chi connectivity index (χ4v) is 40.8. The average Bonchev–Trinajstić information content (AvgIpc) is 3.64. The third-order valence-electron chi connectivity index (χ3n) is 11.5. The van der Waals surface area contributed by atoms with E-state index in [0.29, 0.717) is 11.8 Å². The molecular formula is C46H57Cl2SiZr. The molecule has 50 heavy (non-hydrogen) atoms. The second kappa shape index (κ2) is 15.2. The van der Waals surface area contributed by atoms with E-state index in [-0.39, 0.29) is 7.25 Å². The van der Waals surface area contributed by atoms with Gasteiger partial charge in [-0.25, -0.2) is 0 Å². The number of fused-ring (bicyclic) bond motifs is 2. The summed E-state index contributed by atoms with van der Waals surface area (Å²) >= 11 is -4.87. The van der Waals surface area contributed by atoms with Crippen molar-refractivity contribution < 1.29 is 15.6 Å². The predicted molar refractivity (Wildman–Crippen MR) is 223 cm³/mol. The van der Waals surface area contributed by atoms with E-state index in [1.807, 2.05) is 0 Å². The Hall–Kier alpha value is -1.96. The van der Waals surface area contributed by atoms with Crippen molar-refractivity contribution in [1.29, 1.82) is 0 Å². The third kappa shape index (κ3) is 6.70. The second-order valence-electron chi connectivity index (χ2n) is 16.3. The number of halogens is 2. The number of hydrogen-bond donors (Lipinski definition) is 0. The molecule has 0 radical (unpaired) electrons. The van der Waals surface area contributed by atoms with Gasteiger partial charge in [0.1, 0.15) is 0 Å². The van der Waals surface area contributed by atoms with Crippen LogP contribution in [0.3, 0.4) is 0 Å². The van der Waals surface area contributed by atoms with Crippen LogP contribution in [-0.4, -0.2) is 5.92 Å². The van der Waals surface area contributed by atoms with Crippen molar-refractivity contribution in [2.75, 3.05) is 0 Å². The van der Waals surface area contributed by atoms with E-state index in [1.165, 1.54) is 66.8 Å². The second-order valence-corrected chi connectivity index (χ2v) is 58.8. The van der Waals surface area contributed by atoms with Crippen molar-refractivity contribution in [3.05, 3.63) is 129 Å². The van der Waals surface area contributed by atoms with Gasteiger partial charge in [0.15, 0.2) is 0 Å². The van der Waals surface area contributed by atoms with E-state index in [4.69, 9.17) is 17.0 Å². The predicted octanol–water partition coefficient (Wildman–Crippen LogP) is 14.6. The molecule has 4 aromatic carbocycles. The number of benzene rings is 4. The quantitative estimate of drug-likeness (QED) is 0.118. The van der Waals surface area contributed by atoms with Gasteiger partial charge in [-0.05, 0) is 0 Å². The molecule has 0 saturated carbocycles. The van der Waals surface area contributed by atoms with Crippen molar-refractivity contribution in [1.82, 2.24) is 0 Å². The van der Waals surface area contributed by atoms with Crippen LogP contribution < -0.4 is 0 Å². The molecule has 0 nitrogen and oxygen atoms in total. The van der Waals surface area contributed by atoms with Crippen molar-refractivity contribution in [3.8, 4) is 22.3 Å². The number of rotatable bonds is 13. The zero-order chi connectivity index (χ0) is 35.8. The van der Waals surface area contributed by atoms with Crippen molar-refractivity contribution >= 4 is 35.1 Å². The number of hydrogen-bond acceptors (Lipinski definition) is 0. The molecule has 263 valence electrons. The van der Waals surface area contributed by atoms with Crippen LogP contribution >= 0.6 is 17.0 Å². The summed E-state index contributed by atoms with van der Waals surface area (Å²) in [6.45, 7) is 18.9. The molecule has 2 unspecified atom stereocenters. The molecule has 0 fully saturated rings. The third-order valence-corrected chi connectivity index (χ3v) is 63.3. The van der Waals surface area contributed by atoms with Gasteiger partial charge >= 0.3 is 315 Å². The van der Waals surface area contributed by atoms with Crippen LogP contribution in [0.5, 0.6) is 0 Å². The molecule has 0 saturated heterocycles. The van der Waals surface area contributed by atoms with Gasteiger partial charge in [0.2, 0.25) is 0 Å². The molecule has 6 rings (SSSR count). The minimum atomic E-state index is -4.87. The summed E-state index contributed by atoms with van der Waals surface area (Å²) in [7, 11) is 17.6. The molecule has 0 N–H and O–H groups in total. The molecule has 0 bridgehead atoms. The SMILES string of the molecule is CCCC1=Cc2c(-c3ccccc3CC(C)C)cccc2[CH]1[Zr]([Cl])([Cl])([CH]1C(CCC)=Cc2c(-c3ccccc3CC(C)C)cccc21)[SiH](C)C.